The number of rotatable bonds is 6. The lowest BCUT2D eigenvalue weighted by atomic mass is 10.0. The van der Waals surface area contributed by atoms with Crippen LogP contribution < -0.4 is 10.2 Å². The van der Waals surface area contributed by atoms with Crippen molar-refractivity contribution in [3.63, 3.8) is 0 Å². The fraction of sp³-hybridized carbons (Fsp3) is 0.571. The van der Waals surface area contributed by atoms with Crippen molar-refractivity contribution in [2.75, 3.05) is 32.7 Å². The van der Waals surface area contributed by atoms with E-state index in [1.54, 1.807) is 32.2 Å². The van der Waals surface area contributed by atoms with Gasteiger partial charge in [-0.3, -0.25) is 0 Å². The highest BCUT2D eigenvalue weighted by Gasteiger charge is 2.33. The molecule has 0 aliphatic rings. The second kappa shape index (κ2) is 6.95. The Bertz CT molecular complexity index is 435. The molecule has 20 heavy (non-hydrogen) atoms. The number of likely N-dealkylation sites (N-methyl/N-ethyl adjacent to an activating group) is 1. The van der Waals surface area contributed by atoms with Crippen molar-refractivity contribution < 1.29 is 17.9 Å². The zero-order valence-electron chi connectivity index (χ0n) is 12.2. The third-order valence-electron chi connectivity index (χ3n) is 3.24. The molecule has 1 atom stereocenters. The summed E-state index contributed by atoms with van der Waals surface area (Å²) in [7, 11) is 4.96. The first-order valence-corrected chi connectivity index (χ1v) is 6.37. The zero-order chi connectivity index (χ0) is 15.3. The standard InChI is InChI=1S/C14H21F3N2O/c1-10(9-20-4)19(3)12-6-5-11(8-18-2)13(7-12)14(15,16)17/h5-7,10,18H,8-9H2,1-4H3. The van der Waals surface area contributed by atoms with Crippen molar-refractivity contribution in [1.82, 2.24) is 5.32 Å². The number of benzene rings is 1. The molecular formula is C14H21F3N2O. The Hall–Kier alpha value is -1.27. The van der Waals surface area contributed by atoms with E-state index in [1.165, 1.54) is 12.1 Å². The van der Waals surface area contributed by atoms with Crippen LogP contribution >= 0.6 is 0 Å². The Labute approximate surface area is 117 Å². The van der Waals surface area contributed by atoms with Crippen molar-refractivity contribution in [3.8, 4) is 0 Å². The van der Waals surface area contributed by atoms with Gasteiger partial charge in [-0.25, -0.2) is 0 Å². The number of hydrogen-bond donors (Lipinski definition) is 1. The fourth-order valence-electron chi connectivity index (χ4n) is 2.00. The second-order valence-corrected chi connectivity index (χ2v) is 4.78. The molecule has 0 spiro atoms. The Morgan fingerprint density at radius 2 is 2.00 bits per heavy atom. The van der Waals surface area contributed by atoms with Gasteiger partial charge in [0.2, 0.25) is 0 Å². The zero-order valence-corrected chi connectivity index (χ0v) is 12.2. The summed E-state index contributed by atoms with van der Waals surface area (Å²) >= 11 is 0. The lowest BCUT2D eigenvalue weighted by Gasteiger charge is -2.27. The van der Waals surface area contributed by atoms with Gasteiger partial charge >= 0.3 is 6.18 Å². The molecular weight excluding hydrogens is 269 g/mol. The van der Waals surface area contributed by atoms with Crippen LogP contribution in [0.4, 0.5) is 18.9 Å². The first-order valence-electron chi connectivity index (χ1n) is 6.37. The topological polar surface area (TPSA) is 24.5 Å². The van der Waals surface area contributed by atoms with Gasteiger partial charge in [0.15, 0.2) is 0 Å². The number of nitrogens with one attached hydrogen (secondary N) is 1. The van der Waals surface area contributed by atoms with Gasteiger partial charge in [0.05, 0.1) is 12.2 Å². The lowest BCUT2D eigenvalue weighted by molar-refractivity contribution is -0.138. The maximum atomic E-state index is 13.1. The summed E-state index contributed by atoms with van der Waals surface area (Å²) in [6.07, 6.45) is -4.35. The molecule has 1 aromatic rings. The van der Waals surface area contributed by atoms with E-state index in [0.717, 1.165) is 0 Å². The van der Waals surface area contributed by atoms with E-state index in [-0.39, 0.29) is 18.2 Å². The summed E-state index contributed by atoms with van der Waals surface area (Å²) < 4.78 is 44.3. The molecule has 3 nitrogen and oxygen atoms in total. The van der Waals surface area contributed by atoms with E-state index in [2.05, 4.69) is 5.32 Å². The van der Waals surface area contributed by atoms with Crippen LogP contribution in [-0.2, 0) is 17.5 Å². The van der Waals surface area contributed by atoms with Crippen LogP contribution in [0.15, 0.2) is 18.2 Å². The number of anilines is 1. The van der Waals surface area contributed by atoms with Gasteiger partial charge in [-0.15, -0.1) is 0 Å². The van der Waals surface area contributed by atoms with Crippen LogP contribution in [-0.4, -0.2) is 33.9 Å². The van der Waals surface area contributed by atoms with Crippen molar-refractivity contribution >= 4 is 5.69 Å². The molecule has 0 amide bonds. The molecule has 1 rings (SSSR count). The number of alkyl halides is 3. The first-order chi connectivity index (χ1) is 9.31. The summed E-state index contributed by atoms with van der Waals surface area (Å²) in [5.74, 6) is 0. The van der Waals surface area contributed by atoms with Gasteiger partial charge in [0, 0.05) is 32.4 Å². The Balaban J connectivity index is 3.12. The maximum Gasteiger partial charge on any atom is 0.416 e. The van der Waals surface area contributed by atoms with Gasteiger partial charge in [-0.1, -0.05) is 6.07 Å². The van der Waals surface area contributed by atoms with Crippen LogP contribution in [0.1, 0.15) is 18.1 Å². The first kappa shape index (κ1) is 16.8. The van der Waals surface area contributed by atoms with Crippen LogP contribution in [0, 0.1) is 0 Å². The second-order valence-electron chi connectivity index (χ2n) is 4.78. The molecule has 0 aromatic heterocycles. The van der Waals surface area contributed by atoms with E-state index in [4.69, 9.17) is 4.74 Å². The van der Waals surface area contributed by atoms with E-state index in [0.29, 0.717) is 12.3 Å². The minimum absolute atomic E-state index is 0.00349. The van der Waals surface area contributed by atoms with Crippen LogP contribution in [0.3, 0.4) is 0 Å². The summed E-state index contributed by atoms with van der Waals surface area (Å²) in [4.78, 5) is 1.78. The summed E-state index contributed by atoms with van der Waals surface area (Å²) in [5.41, 5.74) is 0.180. The third kappa shape index (κ3) is 4.11. The Morgan fingerprint density at radius 3 is 2.50 bits per heavy atom. The number of methoxy groups -OCH3 is 1. The Morgan fingerprint density at radius 1 is 1.35 bits per heavy atom. The minimum atomic E-state index is -4.35. The predicted octanol–water partition coefficient (Wildman–Crippen LogP) is 2.90. The molecule has 1 N–H and O–H groups in total. The molecule has 0 aliphatic heterocycles. The smallest absolute Gasteiger partial charge is 0.383 e. The van der Waals surface area contributed by atoms with Crippen LogP contribution in [0.5, 0.6) is 0 Å². The molecule has 114 valence electrons. The third-order valence-corrected chi connectivity index (χ3v) is 3.24. The average Bonchev–Trinajstić information content (AvgIpc) is 2.37. The van der Waals surface area contributed by atoms with Crippen molar-refractivity contribution in [3.05, 3.63) is 29.3 Å². The Kier molecular flexibility index (Phi) is 5.83. The summed E-state index contributed by atoms with van der Waals surface area (Å²) in [5, 5.41) is 2.75. The lowest BCUT2D eigenvalue weighted by Crippen LogP contribution is -2.32. The fourth-order valence-corrected chi connectivity index (χ4v) is 2.00. The molecule has 0 saturated carbocycles. The minimum Gasteiger partial charge on any atom is -0.383 e. The normalized spacial score (nSPS) is 13.3. The molecule has 0 radical (unpaired) electrons. The molecule has 0 aliphatic carbocycles. The number of hydrogen-bond acceptors (Lipinski definition) is 3. The number of halogens is 3. The molecule has 6 heteroatoms. The van der Waals surface area contributed by atoms with Gasteiger partial charge in [-0.2, -0.15) is 13.2 Å². The molecule has 0 fully saturated rings. The monoisotopic (exact) mass is 290 g/mol. The van der Waals surface area contributed by atoms with Crippen LogP contribution in [0.2, 0.25) is 0 Å². The van der Waals surface area contributed by atoms with E-state index < -0.39 is 11.7 Å². The molecule has 0 bridgehead atoms. The van der Waals surface area contributed by atoms with Gasteiger partial charge in [-0.05, 0) is 31.7 Å². The molecule has 1 aromatic carbocycles. The highest BCUT2D eigenvalue weighted by molar-refractivity contribution is 5.52. The molecule has 1 unspecified atom stereocenters. The van der Waals surface area contributed by atoms with E-state index >= 15 is 0 Å². The van der Waals surface area contributed by atoms with Crippen LogP contribution in [0.25, 0.3) is 0 Å². The largest absolute Gasteiger partial charge is 0.416 e. The summed E-state index contributed by atoms with van der Waals surface area (Å²) in [6, 6.07) is 4.41. The predicted molar refractivity (Wildman–Crippen MR) is 73.9 cm³/mol. The highest BCUT2D eigenvalue weighted by atomic mass is 19.4. The average molecular weight is 290 g/mol. The van der Waals surface area contributed by atoms with Gasteiger partial charge in [0.25, 0.3) is 0 Å². The van der Waals surface area contributed by atoms with Crippen molar-refractivity contribution in [2.24, 2.45) is 0 Å². The van der Waals surface area contributed by atoms with Crippen molar-refractivity contribution in [1.29, 1.82) is 0 Å². The number of ether oxygens (including phenoxy) is 1. The van der Waals surface area contributed by atoms with E-state index in [1.807, 2.05) is 6.92 Å². The molecule has 0 saturated heterocycles. The highest BCUT2D eigenvalue weighted by Crippen LogP contribution is 2.34. The molecule has 0 heterocycles. The van der Waals surface area contributed by atoms with E-state index in [9.17, 15) is 13.2 Å². The summed E-state index contributed by atoms with van der Waals surface area (Å²) in [6.45, 7) is 2.54. The van der Waals surface area contributed by atoms with Crippen molar-refractivity contribution in [2.45, 2.75) is 25.7 Å². The number of nitrogens with zero attached hydrogens (tertiary/aromatic N) is 1. The van der Waals surface area contributed by atoms with Gasteiger partial charge in [0.1, 0.15) is 0 Å². The van der Waals surface area contributed by atoms with Gasteiger partial charge < -0.3 is 15.0 Å². The maximum absolute atomic E-state index is 13.1. The quantitative estimate of drug-likeness (QED) is 0.872. The SMILES string of the molecule is CNCc1ccc(N(C)C(C)COC)cc1C(F)(F)F.